The Balaban J connectivity index is 1.59. The first-order chi connectivity index (χ1) is 12.8. The van der Waals surface area contributed by atoms with Crippen LogP contribution in [0.15, 0.2) is 72.1 Å². The maximum Gasteiger partial charge on any atom is 0.415 e. The fourth-order valence-corrected chi connectivity index (χ4v) is 2.56. The maximum atomic E-state index is 5.71. The first-order valence-corrected chi connectivity index (χ1v) is 8.34. The van der Waals surface area contributed by atoms with Crippen LogP contribution in [0.4, 0.5) is 5.82 Å². The Kier molecular flexibility index (Phi) is 4.53. The average molecular weight is 350 g/mol. The van der Waals surface area contributed by atoms with E-state index in [1.807, 2.05) is 72.2 Å². The molecule has 0 atom stereocenters. The standard InChI is InChI=1S/C19H18N4O3/c1-2-25-23-18-17(20-14-22(18)16-11-7-4-8-12-16)26-19(21-23)24-13-15-9-5-3-6-10-15/h3-12,14H,2,13H2,1H3. The summed E-state index contributed by atoms with van der Waals surface area (Å²) in [7, 11) is 0. The van der Waals surface area contributed by atoms with Gasteiger partial charge in [-0.2, -0.15) is 4.98 Å². The first kappa shape index (κ1) is 16.2. The van der Waals surface area contributed by atoms with Crippen molar-refractivity contribution in [3.63, 3.8) is 0 Å². The number of imidazole rings is 1. The molecule has 0 radical (unpaired) electrons. The van der Waals surface area contributed by atoms with Crippen LogP contribution in [-0.2, 0) is 16.2 Å². The van der Waals surface area contributed by atoms with E-state index in [4.69, 9.17) is 14.3 Å². The minimum Gasteiger partial charge on any atom is -0.444 e. The highest BCUT2D eigenvalue weighted by molar-refractivity contribution is 5.76. The molecule has 7 heteroatoms. The molecule has 0 aliphatic carbocycles. The number of benzene rings is 2. The molecule has 4 rings (SSSR count). The quantitative estimate of drug-likeness (QED) is 0.705. The van der Waals surface area contributed by atoms with Crippen LogP contribution in [0.5, 0.6) is 5.88 Å². The molecule has 1 aromatic heterocycles. The summed E-state index contributed by atoms with van der Waals surface area (Å²) in [6, 6.07) is 19.6. The smallest absolute Gasteiger partial charge is 0.415 e. The van der Waals surface area contributed by atoms with Gasteiger partial charge in [-0.3, -0.25) is 9.40 Å². The fraction of sp³-hybridized carbons (Fsp3) is 0.158. The van der Waals surface area contributed by atoms with E-state index in [1.54, 1.807) is 6.33 Å². The molecule has 1 aliphatic heterocycles. The predicted octanol–water partition coefficient (Wildman–Crippen LogP) is 3.51. The van der Waals surface area contributed by atoms with Gasteiger partial charge in [-0.15, -0.1) is 5.17 Å². The summed E-state index contributed by atoms with van der Waals surface area (Å²) in [6.07, 6.45) is 1.76. The van der Waals surface area contributed by atoms with Crippen LogP contribution < -0.4 is 9.91 Å². The number of anilines is 1. The second-order valence-corrected chi connectivity index (χ2v) is 5.51. The predicted molar refractivity (Wildman–Crippen MR) is 97.0 cm³/mol. The van der Waals surface area contributed by atoms with E-state index in [-0.39, 0.29) is 6.08 Å². The SMILES string of the molecule is CCON1N=C(OCc2ccccc2)Oc2ncn(-c3ccccc3)c21. The Bertz CT molecular complexity index is 894. The highest BCUT2D eigenvalue weighted by atomic mass is 16.7. The molecule has 0 bridgehead atoms. The van der Waals surface area contributed by atoms with Crippen LogP contribution in [0.3, 0.4) is 0 Å². The zero-order chi connectivity index (χ0) is 17.8. The summed E-state index contributed by atoms with van der Waals surface area (Å²) < 4.78 is 13.2. The molecule has 0 amide bonds. The number of ether oxygens (including phenoxy) is 2. The molecule has 0 spiro atoms. The molecule has 0 unspecified atom stereocenters. The van der Waals surface area contributed by atoms with Crippen molar-refractivity contribution in [3.8, 4) is 11.6 Å². The second kappa shape index (κ2) is 7.28. The summed E-state index contributed by atoms with van der Waals surface area (Å²) in [6.45, 7) is 2.67. The molecule has 7 nitrogen and oxygen atoms in total. The minimum atomic E-state index is 0.0908. The Hall–Kier alpha value is -3.32. The van der Waals surface area contributed by atoms with E-state index in [0.29, 0.717) is 24.9 Å². The Morgan fingerprint density at radius 3 is 2.46 bits per heavy atom. The van der Waals surface area contributed by atoms with Crippen LogP contribution in [0.1, 0.15) is 12.5 Å². The highest BCUT2D eigenvalue weighted by Crippen LogP contribution is 2.33. The average Bonchev–Trinajstić information content (AvgIpc) is 3.12. The lowest BCUT2D eigenvalue weighted by atomic mass is 10.2. The number of aromatic nitrogens is 2. The largest absolute Gasteiger partial charge is 0.444 e. The third-order valence-corrected chi connectivity index (χ3v) is 3.74. The van der Waals surface area contributed by atoms with E-state index in [0.717, 1.165) is 11.3 Å². The molecule has 2 aromatic carbocycles. The zero-order valence-corrected chi connectivity index (χ0v) is 14.3. The van der Waals surface area contributed by atoms with Gasteiger partial charge in [-0.1, -0.05) is 53.6 Å². The lowest BCUT2D eigenvalue weighted by Crippen LogP contribution is -2.29. The fourth-order valence-electron chi connectivity index (χ4n) is 2.56. The van der Waals surface area contributed by atoms with Gasteiger partial charge in [-0.25, -0.2) is 0 Å². The molecule has 0 N–H and O–H groups in total. The first-order valence-electron chi connectivity index (χ1n) is 8.34. The van der Waals surface area contributed by atoms with E-state index in [2.05, 4.69) is 10.1 Å². The van der Waals surface area contributed by atoms with E-state index in [9.17, 15) is 0 Å². The zero-order valence-electron chi connectivity index (χ0n) is 14.3. The topological polar surface area (TPSA) is 61.1 Å². The Morgan fingerprint density at radius 1 is 1.00 bits per heavy atom. The molecule has 2 heterocycles. The van der Waals surface area contributed by atoms with Crippen LogP contribution in [-0.4, -0.2) is 22.2 Å². The normalized spacial score (nSPS) is 13.0. The van der Waals surface area contributed by atoms with E-state index < -0.39 is 0 Å². The minimum absolute atomic E-state index is 0.0908. The van der Waals surface area contributed by atoms with Gasteiger partial charge in [0.2, 0.25) is 5.82 Å². The summed E-state index contributed by atoms with van der Waals surface area (Å²) >= 11 is 0. The number of hydrogen-bond acceptors (Lipinski definition) is 6. The molecule has 3 aromatic rings. The summed E-state index contributed by atoms with van der Waals surface area (Å²) in [4.78, 5) is 9.97. The van der Waals surface area contributed by atoms with Crippen LogP contribution in [0, 0.1) is 0 Å². The highest BCUT2D eigenvalue weighted by Gasteiger charge is 2.29. The number of hydrogen-bond donors (Lipinski definition) is 0. The third-order valence-electron chi connectivity index (χ3n) is 3.74. The number of hydrazone groups is 1. The van der Waals surface area contributed by atoms with E-state index >= 15 is 0 Å². The van der Waals surface area contributed by atoms with Gasteiger partial charge in [0.25, 0.3) is 5.88 Å². The van der Waals surface area contributed by atoms with Crippen molar-refractivity contribution < 1.29 is 14.3 Å². The van der Waals surface area contributed by atoms with Crippen molar-refractivity contribution in [1.29, 1.82) is 0 Å². The molecular formula is C19H18N4O3. The monoisotopic (exact) mass is 350 g/mol. The van der Waals surface area contributed by atoms with Gasteiger partial charge in [0.1, 0.15) is 12.9 Å². The van der Waals surface area contributed by atoms with Gasteiger partial charge in [0.05, 0.1) is 6.61 Å². The number of nitrogens with zero attached hydrogens (tertiary/aromatic N) is 4. The molecule has 0 fully saturated rings. The molecule has 26 heavy (non-hydrogen) atoms. The summed E-state index contributed by atoms with van der Waals surface area (Å²) in [5.74, 6) is 0.963. The number of rotatable bonds is 5. The van der Waals surface area contributed by atoms with Gasteiger partial charge in [0.15, 0.2) is 0 Å². The lowest BCUT2D eigenvalue weighted by Gasteiger charge is -2.24. The van der Waals surface area contributed by atoms with Crippen LogP contribution >= 0.6 is 0 Å². The molecule has 132 valence electrons. The van der Waals surface area contributed by atoms with Crippen molar-refractivity contribution in [2.24, 2.45) is 5.10 Å². The molecular weight excluding hydrogens is 332 g/mol. The summed E-state index contributed by atoms with van der Waals surface area (Å²) in [5.41, 5.74) is 1.95. The molecule has 0 saturated heterocycles. The number of para-hydroxylation sites is 1. The third kappa shape index (κ3) is 3.25. The Labute approximate surface area is 151 Å². The van der Waals surface area contributed by atoms with E-state index in [1.165, 1.54) is 5.17 Å². The Morgan fingerprint density at radius 2 is 1.73 bits per heavy atom. The van der Waals surface area contributed by atoms with Crippen molar-refractivity contribution >= 4 is 11.9 Å². The summed E-state index contributed by atoms with van der Waals surface area (Å²) in [5, 5.41) is 5.70. The maximum absolute atomic E-state index is 5.71. The van der Waals surface area contributed by atoms with Crippen molar-refractivity contribution in [2.45, 2.75) is 13.5 Å². The van der Waals surface area contributed by atoms with Gasteiger partial charge in [0, 0.05) is 5.69 Å². The van der Waals surface area contributed by atoms with Gasteiger partial charge >= 0.3 is 6.08 Å². The van der Waals surface area contributed by atoms with Gasteiger partial charge < -0.3 is 9.47 Å². The molecule has 0 saturated carbocycles. The van der Waals surface area contributed by atoms with Crippen LogP contribution in [0.2, 0.25) is 0 Å². The lowest BCUT2D eigenvalue weighted by molar-refractivity contribution is 0.104. The van der Waals surface area contributed by atoms with Crippen LogP contribution in [0.25, 0.3) is 5.69 Å². The molecule has 1 aliphatic rings. The van der Waals surface area contributed by atoms with Crippen molar-refractivity contribution in [2.75, 3.05) is 11.8 Å². The van der Waals surface area contributed by atoms with Gasteiger partial charge in [-0.05, 0) is 24.6 Å². The van der Waals surface area contributed by atoms with Crippen molar-refractivity contribution in [3.05, 3.63) is 72.6 Å². The second-order valence-electron chi connectivity index (χ2n) is 5.51. The number of fused-ring (bicyclic) bond motifs is 1. The van der Waals surface area contributed by atoms with Crippen molar-refractivity contribution in [1.82, 2.24) is 9.55 Å².